The summed E-state index contributed by atoms with van der Waals surface area (Å²) in [7, 11) is 0. The molecule has 494 valence electrons. The number of anilines is 6. The zero-order valence-corrected chi connectivity index (χ0v) is 57.9. The fourth-order valence-electron chi connectivity index (χ4n) is 17.4. The van der Waals surface area contributed by atoms with Crippen molar-refractivity contribution in [3.05, 3.63) is 400 Å². The molecule has 0 spiro atoms. The molecule has 0 saturated heterocycles. The summed E-state index contributed by atoms with van der Waals surface area (Å²) in [5, 5.41) is 19.1. The van der Waals surface area contributed by atoms with Gasteiger partial charge in [0.05, 0.1) is 39.1 Å². The zero-order valence-electron chi connectivity index (χ0n) is 57.9. The van der Waals surface area contributed by atoms with Gasteiger partial charge in [-0.15, -0.1) is 0 Å². The lowest BCUT2D eigenvalue weighted by atomic mass is 9.89. The molecule has 0 fully saturated rings. The lowest BCUT2D eigenvalue weighted by Crippen LogP contribution is -2.11. The predicted molar refractivity (Wildman–Crippen MR) is 451 cm³/mol. The van der Waals surface area contributed by atoms with Gasteiger partial charge in [-0.3, -0.25) is 0 Å². The molecule has 19 aromatic carbocycles. The molecule has 0 aliphatic rings. The second-order valence-corrected chi connectivity index (χ2v) is 27.8. The van der Waals surface area contributed by atoms with Crippen LogP contribution < -0.4 is 9.80 Å². The SMILES string of the molecule is c1ccc(-c2ccc(N(c3cccc(-c4c5ccccc5cc5c4c4ccccc4n5-c4ccccc4)c3)c3cccc4c(-c5cccc6cc(N(c7cccc(-c8c9ccccc9cc9c8c8ccccc8n9-c8ccccc8)c7)c7cccc8ccccc78)c7ccccc7c56)cccc34)cc2)cc1. The highest BCUT2D eigenvalue weighted by molar-refractivity contribution is 6.26. The first kappa shape index (κ1) is 60.7. The van der Waals surface area contributed by atoms with Gasteiger partial charge >= 0.3 is 0 Å². The molecule has 0 saturated carbocycles. The number of hydrogen-bond donors (Lipinski definition) is 0. The van der Waals surface area contributed by atoms with E-state index < -0.39 is 0 Å². The van der Waals surface area contributed by atoms with Gasteiger partial charge in [-0.2, -0.15) is 0 Å². The fraction of sp³-hybridized carbons (Fsp3) is 0. The summed E-state index contributed by atoms with van der Waals surface area (Å²) in [5.74, 6) is 0. The molecule has 0 aliphatic heterocycles. The van der Waals surface area contributed by atoms with Gasteiger partial charge in [0.25, 0.3) is 0 Å². The van der Waals surface area contributed by atoms with Crippen LogP contribution in [-0.2, 0) is 0 Å². The van der Waals surface area contributed by atoms with Crippen molar-refractivity contribution in [1.29, 1.82) is 0 Å². The molecule has 4 heteroatoms. The summed E-state index contributed by atoms with van der Waals surface area (Å²) < 4.78 is 4.88. The van der Waals surface area contributed by atoms with Crippen LogP contribution in [0.1, 0.15) is 0 Å². The molecule has 0 atom stereocenters. The Labute approximate surface area is 613 Å². The quantitative estimate of drug-likeness (QED) is 0.113. The maximum Gasteiger partial charge on any atom is 0.0553 e. The average Bonchev–Trinajstić information content (AvgIpc) is 1.43. The van der Waals surface area contributed by atoms with Crippen LogP contribution in [0.2, 0.25) is 0 Å². The van der Waals surface area contributed by atoms with E-state index >= 15 is 0 Å². The van der Waals surface area contributed by atoms with Crippen LogP contribution in [0.3, 0.4) is 0 Å². The Bertz CT molecular complexity index is 7070. The molecule has 0 bridgehead atoms. The van der Waals surface area contributed by atoms with Crippen molar-refractivity contribution in [3.63, 3.8) is 0 Å². The Hall–Kier alpha value is -14.1. The molecule has 0 aliphatic carbocycles. The topological polar surface area (TPSA) is 16.3 Å². The van der Waals surface area contributed by atoms with Crippen molar-refractivity contribution in [2.75, 3.05) is 9.80 Å². The minimum absolute atomic E-state index is 1.06. The van der Waals surface area contributed by atoms with Gasteiger partial charge in [-0.1, -0.05) is 297 Å². The van der Waals surface area contributed by atoms with Crippen molar-refractivity contribution < 1.29 is 0 Å². The van der Waals surface area contributed by atoms with Crippen LogP contribution >= 0.6 is 0 Å². The van der Waals surface area contributed by atoms with Crippen LogP contribution in [0.15, 0.2) is 400 Å². The monoisotopic (exact) mass is 1350 g/mol. The molecule has 21 aromatic rings. The van der Waals surface area contributed by atoms with Gasteiger partial charge in [0.1, 0.15) is 0 Å². The summed E-state index contributed by atoms with van der Waals surface area (Å²) in [6.45, 7) is 0. The summed E-state index contributed by atoms with van der Waals surface area (Å²) in [6.07, 6.45) is 0. The second-order valence-electron chi connectivity index (χ2n) is 27.8. The molecule has 106 heavy (non-hydrogen) atoms. The van der Waals surface area contributed by atoms with Gasteiger partial charge in [-0.25, -0.2) is 0 Å². The van der Waals surface area contributed by atoms with Gasteiger partial charge in [0.2, 0.25) is 0 Å². The standard InChI is InChI=1S/C102H66N4/c1-4-28-67(29-5-1)68-58-60-77(61-59-68)103(78-41-22-34-72(62-78)99-81-44-14-11-31-70(81)64-96-101(99)89-48-18-20-54-93(89)104(96)75-37-6-2-7-38-75)92-57-27-51-83-84(50-26-52-85(83)92)87-53-24-36-74-66-95(86-46-16-17-47-88(86)98(74)87)106(91-56-25-33-69-30-10-13-43-80(69)91)79-42-23-35-73(63-79)100-82-45-15-12-32-71(82)65-97-102(100)90-49-19-21-55-94(90)105(97)76-39-8-3-9-40-76/h1-66H. The smallest absolute Gasteiger partial charge is 0.0553 e. The summed E-state index contributed by atoms with van der Waals surface area (Å²) in [4.78, 5) is 5.01. The highest BCUT2D eigenvalue weighted by Gasteiger charge is 2.27. The predicted octanol–water partition coefficient (Wildman–Crippen LogP) is 28.4. The summed E-state index contributed by atoms with van der Waals surface area (Å²) in [6, 6.07) is 148. The molecule has 0 N–H and O–H groups in total. The third-order valence-electron chi connectivity index (χ3n) is 22.0. The molecule has 21 rings (SSSR count). The lowest BCUT2D eigenvalue weighted by Gasteiger charge is -2.29. The number of rotatable bonds is 12. The first-order valence-electron chi connectivity index (χ1n) is 36.6. The molecule has 0 unspecified atom stereocenters. The molecule has 2 aromatic heterocycles. The maximum absolute atomic E-state index is 2.53. The second kappa shape index (κ2) is 24.9. The van der Waals surface area contributed by atoms with E-state index in [1.807, 2.05) is 0 Å². The Morgan fingerprint density at radius 2 is 0.575 bits per heavy atom. The summed E-state index contributed by atoms with van der Waals surface area (Å²) in [5.41, 5.74) is 22.8. The molecule has 0 amide bonds. The van der Waals surface area contributed by atoms with Gasteiger partial charge in [-0.05, 0) is 196 Å². The number of benzene rings is 19. The minimum atomic E-state index is 1.06. The van der Waals surface area contributed by atoms with Crippen molar-refractivity contribution in [3.8, 4) is 55.9 Å². The maximum atomic E-state index is 2.53. The van der Waals surface area contributed by atoms with E-state index in [1.54, 1.807) is 0 Å². The zero-order chi connectivity index (χ0) is 69.8. The Morgan fingerprint density at radius 1 is 0.179 bits per heavy atom. The van der Waals surface area contributed by atoms with E-state index in [0.717, 1.165) is 89.3 Å². The number of hydrogen-bond acceptors (Lipinski definition) is 2. The van der Waals surface area contributed by atoms with Gasteiger partial charge in [0.15, 0.2) is 0 Å². The van der Waals surface area contributed by atoms with Gasteiger partial charge < -0.3 is 18.9 Å². The van der Waals surface area contributed by atoms with Crippen LogP contribution in [-0.4, -0.2) is 9.13 Å². The Kier molecular flexibility index (Phi) is 14.2. The van der Waals surface area contributed by atoms with E-state index in [4.69, 9.17) is 0 Å². The highest BCUT2D eigenvalue weighted by atomic mass is 15.2. The van der Waals surface area contributed by atoms with E-state index in [0.29, 0.717) is 0 Å². The van der Waals surface area contributed by atoms with Crippen molar-refractivity contribution in [2.45, 2.75) is 0 Å². The largest absolute Gasteiger partial charge is 0.310 e. The molecule has 4 nitrogen and oxygen atoms in total. The number of para-hydroxylation sites is 4. The molecule has 2 heterocycles. The van der Waals surface area contributed by atoms with Crippen LogP contribution in [0.4, 0.5) is 34.1 Å². The normalized spacial score (nSPS) is 11.8. The number of nitrogens with zero attached hydrogens (tertiary/aromatic N) is 4. The van der Waals surface area contributed by atoms with E-state index in [-0.39, 0.29) is 0 Å². The van der Waals surface area contributed by atoms with E-state index in [9.17, 15) is 0 Å². The van der Waals surface area contributed by atoms with E-state index in [2.05, 4.69) is 419 Å². The van der Waals surface area contributed by atoms with Crippen molar-refractivity contribution in [1.82, 2.24) is 9.13 Å². The highest BCUT2D eigenvalue weighted by Crippen LogP contribution is 2.52. The Morgan fingerprint density at radius 3 is 1.19 bits per heavy atom. The van der Waals surface area contributed by atoms with Crippen LogP contribution in [0.5, 0.6) is 0 Å². The first-order valence-corrected chi connectivity index (χ1v) is 36.6. The van der Waals surface area contributed by atoms with Crippen molar-refractivity contribution in [2.24, 2.45) is 0 Å². The molecular weight excluding hydrogens is 1280 g/mol. The molecule has 0 radical (unpaired) electrons. The van der Waals surface area contributed by atoms with Crippen molar-refractivity contribution >= 4 is 142 Å². The summed E-state index contributed by atoms with van der Waals surface area (Å²) >= 11 is 0. The van der Waals surface area contributed by atoms with Gasteiger partial charge in [0, 0.05) is 66.1 Å². The number of fused-ring (bicyclic) bond motifs is 13. The van der Waals surface area contributed by atoms with E-state index in [1.165, 1.54) is 109 Å². The minimum Gasteiger partial charge on any atom is -0.310 e. The average molecular weight is 1350 g/mol. The lowest BCUT2D eigenvalue weighted by molar-refractivity contribution is 1.18. The number of aromatic nitrogens is 2. The van der Waals surface area contributed by atoms with Crippen LogP contribution in [0, 0.1) is 0 Å². The third kappa shape index (κ3) is 9.76. The third-order valence-corrected chi connectivity index (χ3v) is 22.0. The molecular formula is C102H66N4. The fourth-order valence-corrected chi connectivity index (χ4v) is 17.4. The Balaban J connectivity index is 0.753. The van der Waals surface area contributed by atoms with Crippen LogP contribution in [0.25, 0.3) is 164 Å². The first-order chi connectivity index (χ1) is 52.6.